The van der Waals surface area contributed by atoms with Gasteiger partial charge in [0.25, 0.3) is 5.78 Å². The molecule has 1 aliphatic heterocycles. The summed E-state index contributed by atoms with van der Waals surface area (Å²) in [5.74, 6) is 1.46. The van der Waals surface area contributed by atoms with Gasteiger partial charge in [-0.1, -0.05) is 0 Å². The molecule has 1 fully saturated rings. The number of nitrogens with two attached hydrogens (primary N) is 1. The van der Waals surface area contributed by atoms with Crippen molar-refractivity contribution in [2.45, 2.75) is 13.0 Å². The Labute approximate surface area is 158 Å². The molecule has 2 aromatic rings. The minimum atomic E-state index is -0.600. The van der Waals surface area contributed by atoms with Crippen molar-refractivity contribution in [1.82, 2.24) is 24.5 Å². The molecule has 3 heterocycles. The molecule has 1 atom stereocenters. The summed E-state index contributed by atoms with van der Waals surface area (Å²) in [6, 6.07) is 1.38. The van der Waals surface area contributed by atoms with Crippen molar-refractivity contribution in [3.63, 3.8) is 0 Å². The molecule has 0 saturated carbocycles. The highest BCUT2D eigenvalue weighted by Gasteiger charge is 2.26. The second-order valence-corrected chi connectivity index (χ2v) is 5.60. The number of amides is 1. The molecule has 0 aliphatic carbocycles. The third-order valence-corrected chi connectivity index (χ3v) is 3.94. The van der Waals surface area contributed by atoms with Gasteiger partial charge in [-0.05, 0) is 6.92 Å². The van der Waals surface area contributed by atoms with Gasteiger partial charge in [0.05, 0.1) is 6.61 Å². The Kier molecular flexibility index (Phi) is 7.81. The monoisotopic (exact) mass is 391 g/mol. The van der Waals surface area contributed by atoms with Gasteiger partial charge >= 0.3 is 0 Å². The molecule has 140 valence electrons. The lowest BCUT2D eigenvalue weighted by Crippen LogP contribution is -2.54. The molecular weight excluding hydrogens is 369 g/mol. The predicted octanol–water partition coefficient (Wildman–Crippen LogP) is -0.101. The Bertz CT molecular complexity index is 704. The molecule has 0 aromatic carbocycles. The number of anilines is 1. The van der Waals surface area contributed by atoms with Crippen LogP contribution in [0, 0.1) is 6.92 Å². The van der Waals surface area contributed by atoms with Gasteiger partial charge in [-0.15, -0.1) is 24.8 Å². The standard InChI is InChI=1S/C14H21N7O2.2ClH/c1-10-7-12(21-14(18-10)16-9-17-21)19-3-5-20(6-4-19)13(22)11(15)8-23-2;;/h7,9,11H,3-6,8,15H2,1-2H3;2*1H. The largest absolute Gasteiger partial charge is 0.383 e. The molecule has 1 saturated heterocycles. The van der Waals surface area contributed by atoms with Crippen LogP contribution < -0.4 is 10.6 Å². The summed E-state index contributed by atoms with van der Waals surface area (Å²) in [7, 11) is 1.54. The van der Waals surface area contributed by atoms with Gasteiger partial charge in [0.15, 0.2) is 0 Å². The molecule has 2 N–H and O–H groups in total. The van der Waals surface area contributed by atoms with E-state index in [-0.39, 0.29) is 37.3 Å². The Balaban J connectivity index is 0.00000156. The molecule has 2 aromatic heterocycles. The van der Waals surface area contributed by atoms with E-state index in [0.717, 1.165) is 11.5 Å². The summed E-state index contributed by atoms with van der Waals surface area (Å²) in [4.78, 5) is 24.7. The lowest BCUT2D eigenvalue weighted by molar-refractivity contribution is -0.134. The van der Waals surface area contributed by atoms with Crippen LogP contribution in [0.1, 0.15) is 5.69 Å². The summed E-state index contributed by atoms with van der Waals surface area (Å²) in [5.41, 5.74) is 6.71. The van der Waals surface area contributed by atoms with Gasteiger partial charge in [0.2, 0.25) is 5.91 Å². The van der Waals surface area contributed by atoms with Crippen LogP contribution >= 0.6 is 24.8 Å². The van der Waals surface area contributed by atoms with Gasteiger partial charge in [0, 0.05) is 45.0 Å². The van der Waals surface area contributed by atoms with Crippen LogP contribution in [0.3, 0.4) is 0 Å². The first kappa shape index (κ1) is 21.4. The smallest absolute Gasteiger partial charge is 0.254 e. The minimum absolute atomic E-state index is 0. The van der Waals surface area contributed by atoms with Crippen LogP contribution in [-0.4, -0.2) is 76.3 Å². The van der Waals surface area contributed by atoms with Crippen molar-refractivity contribution >= 4 is 42.3 Å². The molecule has 1 aliphatic rings. The van der Waals surface area contributed by atoms with E-state index in [1.165, 1.54) is 6.33 Å². The highest BCUT2D eigenvalue weighted by Crippen LogP contribution is 2.18. The molecule has 0 radical (unpaired) electrons. The van der Waals surface area contributed by atoms with Crippen LogP contribution in [-0.2, 0) is 9.53 Å². The molecule has 1 amide bonds. The number of aryl methyl sites for hydroxylation is 1. The molecule has 0 bridgehead atoms. The number of nitrogens with zero attached hydrogens (tertiary/aromatic N) is 6. The molecular formula is C14H23Cl2N7O2. The van der Waals surface area contributed by atoms with Crippen molar-refractivity contribution in [2.24, 2.45) is 5.73 Å². The topological polar surface area (TPSA) is 102 Å². The van der Waals surface area contributed by atoms with Crippen molar-refractivity contribution < 1.29 is 9.53 Å². The van der Waals surface area contributed by atoms with E-state index in [4.69, 9.17) is 10.5 Å². The number of hydrogen-bond acceptors (Lipinski definition) is 7. The third-order valence-electron chi connectivity index (χ3n) is 3.94. The number of aromatic nitrogens is 4. The lowest BCUT2D eigenvalue weighted by Gasteiger charge is -2.36. The van der Waals surface area contributed by atoms with Crippen molar-refractivity contribution in [1.29, 1.82) is 0 Å². The maximum absolute atomic E-state index is 12.2. The maximum Gasteiger partial charge on any atom is 0.254 e. The fourth-order valence-corrected chi connectivity index (χ4v) is 2.78. The van der Waals surface area contributed by atoms with Gasteiger partial charge in [0.1, 0.15) is 18.2 Å². The lowest BCUT2D eigenvalue weighted by atomic mass is 10.2. The average Bonchev–Trinajstić information content (AvgIpc) is 3.02. The molecule has 11 heteroatoms. The van der Waals surface area contributed by atoms with E-state index in [1.807, 2.05) is 13.0 Å². The zero-order chi connectivity index (χ0) is 16.4. The average molecular weight is 392 g/mol. The summed E-state index contributed by atoms with van der Waals surface area (Å²) >= 11 is 0. The van der Waals surface area contributed by atoms with E-state index >= 15 is 0 Å². The number of halogens is 2. The number of piperazine rings is 1. The fourth-order valence-electron chi connectivity index (χ4n) is 2.78. The summed E-state index contributed by atoms with van der Waals surface area (Å²) in [6.07, 6.45) is 1.49. The molecule has 1 unspecified atom stereocenters. The number of ether oxygens (including phenoxy) is 1. The van der Waals surface area contributed by atoms with Crippen LogP contribution in [0.25, 0.3) is 5.78 Å². The first-order valence-corrected chi connectivity index (χ1v) is 7.56. The zero-order valence-corrected chi connectivity index (χ0v) is 15.8. The third kappa shape index (κ3) is 4.49. The van der Waals surface area contributed by atoms with Gasteiger partial charge in [-0.3, -0.25) is 4.79 Å². The maximum atomic E-state index is 12.2. The molecule has 9 nitrogen and oxygen atoms in total. The summed E-state index contributed by atoms with van der Waals surface area (Å²) < 4.78 is 6.67. The van der Waals surface area contributed by atoms with Gasteiger partial charge < -0.3 is 20.3 Å². The molecule has 25 heavy (non-hydrogen) atoms. The summed E-state index contributed by atoms with van der Waals surface area (Å²) in [5, 5.41) is 4.23. The Morgan fingerprint density at radius 1 is 1.32 bits per heavy atom. The number of rotatable bonds is 4. The predicted molar refractivity (Wildman–Crippen MR) is 98.7 cm³/mol. The first-order valence-electron chi connectivity index (χ1n) is 7.56. The second-order valence-electron chi connectivity index (χ2n) is 5.60. The number of carbonyl (C=O) groups excluding carboxylic acids is 1. The van der Waals surface area contributed by atoms with Crippen LogP contribution in [0.2, 0.25) is 0 Å². The van der Waals surface area contributed by atoms with Crippen molar-refractivity contribution in [3.8, 4) is 0 Å². The minimum Gasteiger partial charge on any atom is -0.383 e. The fraction of sp³-hybridized carbons (Fsp3) is 0.571. The zero-order valence-electron chi connectivity index (χ0n) is 14.2. The number of fused-ring (bicyclic) bond motifs is 1. The second kappa shape index (κ2) is 9.14. The highest BCUT2D eigenvalue weighted by atomic mass is 35.5. The quantitative estimate of drug-likeness (QED) is 0.775. The van der Waals surface area contributed by atoms with Gasteiger partial charge in [-0.25, -0.2) is 4.98 Å². The van der Waals surface area contributed by atoms with Crippen LogP contribution in [0.4, 0.5) is 5.82 Å². The van der Waals surface area contributed by atoms with E-state index in [1.54, 1.807) is 16.5 Å². The molecule has 0 spiro atoms. The Morgan fingerprint density at radius 2 is 2.00 bits per heavy atom. The van der Waals surface area contributed by atoms with Gasteiger partial charge in [-0.2, -0.15) is 14.6 Å². The van der Waals surface area contributed by atoms with Crippen LogP contribution in [0.15, 0.2) is 12.4 Å². The Morgan fingerprint density at radius 3 is 2.64 bits per heavy atom. The number of methoxy groups -OCH3 is 1. The van der Waals surface area contributed by atoms with E-state index in [0.29, 0.717) is 32.0 Å². The van der Waals surface area contributed by atoms with E-state index < -0.39 is 6.04 Å². The van der Waals surface area contributed by atoms with E-state index in [9.17, 15) is 4.79 Å². The van der Waals surface area contributed by atoms with Crippen molar-refractivity contribution in [3.05, 3.63) is 18.1 Å². The number of hydrogen-bond donors (Lipinski definition) is 1. The summed E-state index contributed by atoms with van der Waals surface area (Å²) in [6.45, 7) is 4.83. The normalized spacial score (nSPS) is 15.5. The van der Waals surface area contributed by atoms with E-state index in [2.05, 4.69) is 20.0 Å². The SMILES string of the molecule is COCC(N)C(=O)N1CCN(c2cc(C)nc3ncnn23)CC1.Cl.Cl. The van der Waals surface area contributed by atoms with Crippen LogP contribution in [0.5, 0.6) is 0 Å². The molecule has 3 rings (SSSR count). The number of carbonyl (C=O) groups is 1. The highest BCUT2D eigenvalue weighted by molar-refractivity contribution is 5.85. The Hall–Kier alpha value is -1.68. The van der Waals surface area contributed by atoms with Crippen molar-refractivity contribution in [2.75, 3.05) is 44.8 Å². The first-order chi connectivity index (χ1) is 11.1.